The Morgan fingerprint density at radius 1 is 0.861 bits per heavy atom. The quantitative estimate of drug-likeness (QED) is 0.485. The highest BCUT2D eigenvalue weighted by Crippen LogP contribution is 2.45. The molecule has 0 aliphatic carbocycles. The average Bonchev–Trinajstić information content (AvgIpc) is 2.90. The van der Waals surface area contributed by atoms with E-state index in [4.69, 9.17) is 30.5 Å². The number of methoxy groups -OCH3 is 4. The van der Waals surface area contributed by atoms with Crippen LogP contribution in [0.3, 0.4) is 0 Å². The van der Waals surface area contributed by atoms with Gasteiger partial charge in [-0.05, 0) is 35.4 Å². The number of anilines is 1. The monoisotopic (exact) mass is 510 g/mol. The zero-order valence-corrected chi connectivity index (χ0v) is 21.4. The molecule has 0 saturated carbocycles. The predicted molar refractivity (Wildman–Crippen MR) is 137 cm³/mol. The Balaban J connectivity index is 1.83. The zero-order valence-electron chi connectivity index (χ0n) is 20.6. The number of ether oxygens (including phenoxy) is 4. The lowest BCUT2D eigenvalue weighted by atomic mass is 9.79. The third-order valence-electron chi connectivity index (χ3n) is 6.34. The third kappa shape index (κ3) is 4.40. The Hall–Kier alpha value is -3.91. The van der Waals surface area contributed by atoms with Crippen LogP contribution < -0.4 is 24.3 Å². The van der Waals surface area contributed by atoms with Gasteiger partial charge >= 0.3 is 0 Å². The van der Waals surface area contributed by atoms with Crippen LogP contribution in [-0.4, -0.2) is 52.2 Å². The van der Waals surface area contributed by atoms with Crippen molar-refractivity contribution in [3.8, 4) is 23.0 Å². The summed E-state index contributed by atoms with van der Waals surface area (Å²) >= 11 is 6.33. The summed E-state index contributed by atoms with van der Waals surface area (Å²) in [6.45, 7) is 0. The van der Waals surface area contributed by atoms with Crippen molar-refractivity contribution >= 4 is 29.1 Å². The molecule has 36 heavy (non-hydrogen) atoms. The van der Waals surface area contributed by atoms with Crippen molar-refractivity contribution in [1.29, 1.82) is 0 Å². The molecule has 3 aromatic carbocycles. The SMILES string of the molecule is COc1cc(OC)c(NC(=O)[C@@H]2c3ccccc3C(=O)N(C)[C@@H]2c2ccc(OC)c(OC)c2)cc1Cl. The number of nitrogens with one attached hydrogen (secondary N) is 1. The minimum absolute atomic E-state index is 0.181. The summed E-state index contributed by atoms with van der Waals surface area (Å²) < 4.78 is 21.6. The van der Waals surface area contributed by atoms with E-state index in [1.165, 1.54) is 21.3 Å². The summed E-state index contributed by atoms with van der Waals surface area (Å²) in [7, 11) is 7.76. The Labute approximate surface area is 214 Å². The summed E-state index contributed by atoms with van der Waals surface area (Å²) in [6, 6.07) is 15.1. The summed E-state index contributed by atoms with van der Waals surface area (Å²) in [5.74, 6) is 0.597. The summed E-state index contributed by atoms with van der Waals surface area (Å²) in [4.78, 5) is 28.8. The van der Waals surface area contributed by atoms with Crippen LogP contribution in [0.2, 0.25) is 5.02 Å². The van der Waals surface area contributed by atoms with Crippen LogP contribution in [-0.2, 0) is 4.79 Å². The van der Waals surface area contributed by atoms with Gasteiger partial charge in [0.05, 0.1) is 51.1 Å². The van der Waals surface area contributed by atoms with Gasteiger partial charge in [-0.1, -0.05) is 35.9 Å². The van der Waals surface area contributed by atoms with Gasteiger partial charge in [0.25, 0.3) is 5.91 Å². The second-order valence-electron chi connectivity index (χ2n) is 8.22. The van der Waals surface area contributed by atoms with E-state index in [9.17, 15) is 9.59 Å². The van der Waals surface area contributed by atoms with Gasteiger partial charge in [-0.15, -0.1) is 0 Å². The molecule has 188 valence electrons. The molecule has 0 spiro atoms. The van der Waals surface area contributed by atoms with Crippen LogP contribution in [0.1, 0.15) is 33.4 Å². The number of rotatable bonds is 7. The minimum atomic E-state index is -0.743. The molecule has 3 aromatic rings. The summed E-state index contributed by atoms with van der Waals surface area (Å²) in [5, 5.41) is 3.27. The van der Waals surface area contributed by atoms with E-state index in [1.54, 1.807) is 61.5 Å². The lowest BCUT2D eigenvalue weighted by molar-refractivity contribution is -0.119. The predicted octanol–water partition coefficient (Wildman–Crippen LogP) is 4.92. The molecule has 0 unspecified atom stereocenters. The first-order chi connectivity index (χ1) is 17.3. The number of carbonyl (C=O) groups excluding carboxylic acids is 2. The van der Waals surface area contributed by atoms with Crippen LogP contribution in [0.25, 0.3) is 0 Å². The highest BCUT2D eigenvalue weighted by molar-refractivity contribution is 6.32. The molecule has 1 N–H and O–H groups in total. The fourth-order valence-corrected chi connectivity index (χ4v) is 4.82. The first-order valence-corrected chi connectivity index (χ1v) is 11.5. The van der Waals surface area contributed by atoms with Gasteiger partial charge in [0.1, 0.15) is 11.5 Å². The minimum Gasteiger partial charge on any atom is -0.495 e. The first kappa shape index (κ1) is 25.2. The molecular formula is C27H27ClN2O6. The zero-order chi connectivity index (χ0) is 26.0. The molecule has 1 heterocycles. The smallest absolute Gasteiger partial charge is 0.254 e. The number of hydrogen-bond acceptors (Lipinski definition) is 6. The molecule has 2 atom stereocenters. The molecule has 1 aliphatic heterocycles. The number of likely N-dealkylation sites (N-methyl/N-ethyl adjacent to an activating group) is 1. The van der Waals surface area contributed by atoms with Gasteiger partial charge in [0, 0.05) is 18.7 Å². The number of hydrogen-bond donors (Lipinski definition) is 1. The van der Waals surface area contributed by atoms with Crippen LogP contribution in [0.4, 0.5) is 5.69 Å². The largest absolute Gasteiger partial charge is 0.495 e. The second kappa shape index (κ2) is 10.4. The summed E-state index contributed by atoms with van der Waals surface area (Å²) in [6.07, 6.45) is 0. The van der Waals surface area contributed by atoms with E-state index in [-0.39, 0.29) is 11.8 Å². The standard InChI is InChI=1S/C27H27ClN2O6/c1-30-25(15-10-11-20(33-2)23(12-15)36-5)24(16-8-6-7-9-17(16)27(30)32)26(31)29-19-13-18(28)21(34-3)14-22(19)35-4/h6-14,24-25H,1-5H3,(H,29,31)/t24-,25-/m1/s1. The van der Waals surface area contributed by atoms with Crippen LogP contribution in [0, 0.1) is 0 Å². The fourth-order valence-electron chi connectivity index (χ4n) is 4.58. The van der Waals surface area contributed by atoms with E-state index in [0.717, 1.165) is 5.56 Å². The lowest BCUT2D eigenvalue weighted by Gasteiger charge is -2.40. The van der Waals surface area contributed by atoms with Gasteiger partial charge in [-0.3, -0.25) is 9.59 Å². The molecule has 4 rings (SSSR count). The molecule has 1 aliphatic rings. The third-order valence-corrected chi connectivity index (χ3v) is 6.64. The van der Waals surface area contributed by atoms with Crippen LogP contribution >= 0.6 is 11.6 Å². The lowest BCUT2D eigenvalue weighted by Crippen LogP contribution is -2.44. The normalized spacial score (nSPS) is 16.7. The molecule has 9 heteroatoms. The molecule has 0 fully saturated rings. The number of carbonyl (C=O) groups is 2. The van der Waals surface area contributed by atoms with E-state index >= 15 is 0 Å². The second-order valence-corrected chi connectivity index (χ2v) is 8.62. The maximum Gasteiger partial charge on any atom is 0.254 e. The van der Waals surface area contributed by atoms with Crippen LogP contribution in [0.15, 0.2) is 54.6 Å². The van der Waals surface area contributed by atoms with Crippen molar-refractivity contribution in [2.24, 2.45) is 0 Å². The molecule has 0 aromatic heterocycles. The van der Waals surface area contributed by atoms with E-state index in [1.807, 2.05) is 12.1 Å². The molecule has 0 saturated heterocycles. The number of halogens is 1. The average molecular weight is 511 g/mol. The molecule has 8 nitrogen and oxygen atoms in total. The first-order valence-electron chi connectivity index (χ1n) is 11.1. The van der Waals surface area contributed by atoms with Crippen LogP contribution in [0.5, 0.6) is 23.0 Å². The fraction of sp³-hybridized carbons (Fsp3) is 0.259. The van der Waals surface area contributed by atoms with E-state index in [0.29, 0.717) is 44.8 Å². The number of nitrogens with zero attached hydrogens (tertiary/aromatic N) is 1. The summed E-state index contributed by atoms with van der Waals surface area (Å²) in [5.41, 5.74) is 2.20. The molecular weight excluding hydrogens is 484 g/mol. The number of fused-ring (bicyclic) bond motifs is 1. The van der Waals surface area contributed by atoms with Crippen molar-refractivity contribution < 1.29 is 28.5 Å². The highest BCUT2D eigenvalue weighted by Gasteiger charge is 2.43. The van der Waals surface area contributed by atoms with Crippen molar-refractivity contribution in [3.63, 3.8) is 0 Å². The van der Waals surface area contributed by atoms with Crippen molar-refractivity contribution in [3.05, 3.63) is 76.3 Å². The molecule has 0 bridgehead atoms. The Morgan fingerprint density at radius 3 is 2.19 bits per heavy atom. The Bertz CT molecular complexity index is 1310. The van der Waals surface area contributed by atoms with Gasteiger partial charge < -0.3 is 29.2 Å². The maximum atomic E-state index is 13.9. The van der Waals surface area contributed by atoms with Gasteiger partial charge in [0.15, 0.2) is 11.5 Å². The molecule has 2 amide bonds. The maximum absolute atomic E-state index is 13.9. The van der Waals surface area contributed by atoms with Gasteiger partial charge in [-0.2, -0.15) is 0 Å². The van der Waals surface area contributed by atoms with E-state index in [2.05, 4.69) is 5.32 Å². The van der Waals surface area contributed by atoms with Gasteiger partial charge in [0.2, 0.25) is 5.91 Å². The molecule has 0 radical (unpaired) electrons. The topological polar surface area (TPSA) is 86.3 Å². The number of amides is 2. The van der Waals surface area contributed by atoms with Gasteiger partial charge in [-0.25, -0.2) is 0 Å². The van der Waals surface area contributed by atoms with Crippen molar-refractivity contribution in [1.82, 2.24) is 4.90 Å². The Morgan fingerprint density at radius 2 is 1.53 bits per heavy atom. The number of benzene rings is 3. The Kier molecular flexibility index (Phi) is 7.26. The van der Waals surface area contributed by atoms with E-state index < -0.39 is 12.0 Å². The van der Waals surface area contributed by atoms with Crippen molar-refractivity contribution in [2.75, 3.05) is 40.8 Å². The highest BCUT2D eigenvalue weighted by atomic mass is 35.5. The van der Waals surface area contributed by atoms with Crippen molar-refractivity contribution in [2.45, 2.75) is 12.0 Å².